The van der Waals surface area contributed by atoms with Crippen molar-refractivity contribution in [2.24, 2.45) is 0 Å². The zero-order chi connectivity index (χ0) is 11.7. The number of fused-ring (bicyclic) bond motifs is 1. The molecule has 2 rings (SSSR count). The van der Waals surface area contributed by atoms with E-state index in [-0.39, 0.29) is 17.9 Å². The number of esters is 1. The SMILES string of the molecule is CCOC(=O)c1cnc2c(F)cc(Br)cn12. The predicted octanol–water partition coefficient (Wildman–Crippen LogP) is 2.41. The van der Waals surface area contributed by atoms with Crippen LogP contribution in [-0.2, 0) is 4.74 Å². The summed E-state index contributed by atoms with van der Waals surface area (Å²) in [7, 11) is 0. The van der Waals surface area contributed by atoms with Crippen LogP contribution in [0, 0.1) is 5.82 Å². The van der Waals surface area contributed by atoms with Gasteiger partial charge in [0.05, 0.1) is 12.8 Å². The molecule has 0 aliphatic rings. The van der Waals surface area contributed by atoms with Gasteiger partial charge < -0.3 is 4.74 Å². The minimum absolute atomic E-state index is 0.103. The number of carbonyl (C=O) groups excluding carboxylic acids is 1. The van der Waals surface area contributed by atoms with Crippen LogP contribution in [-0.4, -0.2) is 22.0 Å². The summed E-state index contributed by atoms with van der Waals surface area (Å²) < 4.78 is 20.2. The molecule has 0 N–H and O–H groups in total. The van der Waals surface area contributed by atoms with Gasteiger partial charge in [0.15, 0.2) is 17.2 Å². The highest BCUT2D eigenvalue weighted by Crippen LogP contribution is 2.17. The number of pyridine rings is 1. The van der Waals surface area contributed by atoms with Crippen LogP contribution < -0.4 is 0 Å². The second-order valence-corrected chi connectivity index (χ2v) is 3.98. The minimum Gasteiger partial charge on any atom is -0.461 e. The van der Waals surface area contributed by atoms with Gasteiger partial charge in [-0.1, -0.05) is 0 Å². The third kappa shape index (κ3) is 1.80. The molecule has 6 heteroatoms. The van der Waals surface area contributed by atoms with E-state index in [0.717, 1.165) is 0 Å². The fourth-order valence-electron chi connectivity index (χ4n) is 1.37. The number of carbonyl (C=O) groups is 1. The van der Waals surface area contributed by atoms with Crippen molar-refractivity contribution in [1.82, 2.24) is 9.38 Å². The van der Waals surface area contributed by atoms with Crippen LogP contribution in [0.3, 0.4) is 0 Å². The van der Waals surface area contributed by atoms with E-state index in [1.807, 2.05) is 0 Å². The maximum atomic E-state index is 13.4. The van der Waals surface area contributed by atoms with E-state index >= 15 is 0 Å². The molecule has 4 nitrogen and oxygen atoms in total. The Balaban J connectivity index is 2.60. The van der Waals surface area contributed by atoms with Crippen molar-refractivity contribution in [3.8, 4) is 0 Å². The maximum absolute atomic E-state index is 13.4. The molecule has 0 bridgehead atoms. The molecule has 0 fully saturated rings. The Morgan fingerprint density at radius 3 is 3.12 bits per heavy atom. The monoisotopic (exact) mass is 286 g/mol. The molecule has 16 heavy (non-hydrogen) atoms. The number of imidazole rings is 1. The summed E-state index contributed by atoms with van der Waals surface area (Å²) in [5.74, 6) is -1.02. The molecule has 0 saturated heterocycles. The first-order valence-electron chi connectivity index (χ1n) is 4.62. The Morgan fingerprint density at radius 1 is 1.69 bits per heavy atom. The number of ether oxygens (including phenoxy) is 1. The van der Waals surface area contributed by atoms with Gasteiger partial charge in [-0.3, -0.25) is 4.40 Å². The highest BCUT2D eigenvalue weighted by molar-refractivity contribution is 9.10. The second-order valence-electron chi connectivity index (χ2n) is 3.06. The van der Waals surface area contributed by atoms with Gasteiger partial charge in [-0.05, 0) is 28.9 Å². The first-order valence-corrected chi connectivity index (χ1v) is 5.42. The van der Waals surface area contributed by atoms with E-state index in [0.29, 0.717) is 4.47 Å². The summed E-state index contributed by atoms with van der Waals surface area (Å²) in [4.78, 5) is 15.4. The quantitative estimate of drug-likeness (QED) is 0.797. The summed E-state index contributed by atoms with van der Waals surface area (Å²) in [6, 6.07) is 1.29. The lowest BCUT2D eigenvalue weighted by molar-refractivity contribution is 0.0518. The number of aromatic nitrogens is 2. The van der Waals surface area contributed by atoms with Gasteiger partial charge in [0.1, 0.15) is 0 Å². The lowest BCUT2D eigenvalue weighted by Gasteiger charge is -2.02. The van der Waals surface area contributed by atoms with Crippen LogP contribution in [0.2, 0.25) is 0 Å². The molecule has 2 aromatic rings. The second kappa shape index (κ2) is 4.21. The Bertz CT molecular complexity index is 553. The van der Waals surface area contributed by atoms with Crippen molar-refractivity contribution in [3.05, 3.63) is 34.4 Å². The van der Waals surface area contributed by atoms with Crippen molar-refractivity contribution in [2.45, 2.75) is 6.92 Å². The first kappa shape index (κ1) is 11.1. The number of halogens is 2. The first-order chi connectivity index (χ1) is 7.63. The molecule has 84 valence electrons. The number of rotatable bonds is 2. The summed E-state index contributed by atoms with van der Waals surface area (Å²) in [5.41, 5.74) is 0.309. The summed E-state index contributed by atoms with van der Waals surface area (Å²) in [6.07, 6.45) is 2.86. The molecule has 0 saturated carbocycles. The third-order valence-corrected chi connectivity index (χ3v) is 2.45. The van der Waals surface area contributed by atoms with Gasteiger partial charge in [0.25, 0.3) is 0 Å². The summed E-state index contributed by atoms with van der Waals surface area (Å²) in [6.45, 7) is 1.97. The van der Waals surface area contributed by atoms with Crippen molar-refractivity contribution in [3.63, 3.8) is 0 Å². The highest BCUT2D eigenvalue weighted by Gasteiger charge is 2.15. The van der Waals surface area contributed by atoms with Crippen LogP contribution in [0.1, 0.15) is 17.4 Å². The molecular weight excluding hydrogens is 279 g/mol. The van der Waals surface area contributed by atoms with E-state index < -0.39 is 11.8 Å². The Morgan fingerprint density at radius 2 is 2.44 bits per heavy atom. The van der Waals surface area contributed by atoms with Crippen molar-refractivity contribution < 1.29 is 13.9 Å². The van der Waals surface area contributed by atoms with E-state index in [4.69, 9.17) is 4.74 Å². The van der Waals surface area contributed by atoms with Gasteiger partial charge in [-0.15, -0.1) is 0 Å². The van der Waals surface area contributed by atoms with Crippen LogP contribution >= 0.6 is 15.9 Å². The third-order valence-electron chi connectivity index (χ3n) is 2.01. The molecule has 0 aliphatic heterocycles. The summed E-state index contributed by atoms with van der Waals surface area (Å²) in [5, 5.41) is 0. The minimum atomic E-state index is -0.521. The molecule has 0 aliphatic carbocycles. The maximum Gasteiger partial charge on any atom is 0.356 e. The van der Waals surface area contributed by atoms with Gasteiger partial charge in [-0.25, -0.2) is 14.2 Å². The molecule has 0 spiro atoms. The fraction of sp³-hybridized carbons (Fsp3) is 0.200. The van der Waals surface area contributed by atoms with Crippen molar-refractivity contribution in [1.29, 1.82) is 0 Å². The van der Waals surface area contributed by atoms with E-state index in [9.17, 15) is 9.18 Å². The largest absolute Gasteiger partial charge is 0.461 e. The molecule has 2 aromatic heterocycles. The molecule has 0 radical (unpaired) electrons. The predicted molar refractivity (Wildman–Crippen MR) is 58.8 cm³/mol. The Labute approximate surface area is 99.2 Å². The molecule has 0 unspecified atom stereocenters. The normalized spacial score (nSPS) is 10.7. The van der Waals surface area contributed by atoms with E-state index in [2.05, 4.69) is 20.9 Å². The molecular formula is C10H8BrFN2O2. The molecule has 0 amide bonds. The average molecular weight is 287 g/mol. The van der Waals surface area contributed by atoms with Gasteiger partial charge >= 0.3 is 5.97 Å². The number of hydrogen-bond acceptors (Lipinski definition) is 3. The molecule has 0 aromatic carbocycles. The van der Waals surface area contributed by atoms with Gasteiger partial charge in [0.2, 0.25) is 0 Å². The van der Waals surface area contributed by atoms with E-state index in [1.165, 1.54) is 16.7 Å². The molecule has 2 heterocycles. The van der Waals surface area contributed by atoms with Crippen LogP contribution in [0.15, 0.2) is 22.9 Å². The molecule has 0 atom stereocenters. The number of nitrogens with zero attached hydrogens (tertiary/aromatic N) is 2. The Kier molecular flexibility index (Phi) is 2.91. The number of hydrogen-bond donors (Lipinski definition) is 0. The van der Waals surface area contributed by atoms with Gasteiger partial charge in [-0.2, -0.15) is 0 Å². The smallest absolute Gasteiger partial charge is 0.356 e. The highest BCUT2D eigenvalue weighted by atomic mass is 79.9. The van der Waals surface area contributed by atoms with E-state index in [1.54, 1.807) is 13.1 Å². The van der Waals surface area contributed by atoms with Crippen LogP contribution in [0.25, 0.3) is 5.65 Å². The Hall–Kier alpha value is -1.43. The topological polar surface area (TPSA) is 43.6 Å². The zero-order valence-electron chi connectivity index (χ0n) is 8.41. The van der Waals surface area contributed by atoms with Crippen molar-refractivity contribution in [2.75, 3.05) is 6.61 Å². The lowest BCUT2D eigenvalue weighted by Crippen LogP contribution is -2.08. The fourth-order valence-corrected chi connectivity index (χ4v) is 1.78. The van der Waals surface area contributed by atoms with Crippen LogP contribution in [0.5, 0.6) is 0 Å². The standard InChI is InChI=1S/C10H8BrFN2O2/c1-2-16-10(15)8-4-13-9-7(12)3-6(11)5-14(8)9/h3-5H,2H2,1H3. The average Bonchev–Trinajstić information content (AvgIpc) is 2.61. The van der Waals surface area contributed by atoms with Gasteiger partial charge in [0, 0.05) is 10.7 Å². The zero-order valence-corrected chi connectivity index (χ0v) is 9.99. The lowest BCUT2D eigenvalue weighted by atomic mass is 10.4. The van der Waals surface area contributed by atoms with Crippen LogP contribution in [0.4, 0.5) is 4.39 Å². The van der Waals surface area contributed by atoms with Crippen molar-refractivity contribution >= 4 is 27.5 Å². The summed E-state index contributed by atoms with van der Waals surface area (Å²) >= 11 is 3.15.